The molecular formula is C16H23NOS. The molecule has 1 aromatic heterocycles. The van der Waals surface area contributed by atoms with Crippen molar-refractivity contribution < 1.29 is 4.42 Å². The van der Waals surface area contributed by atoms with E-state index in [-0.39, 0.29) is 0 Å². The number of rotatable bonds is 3. The Morgan fingerprint density at radius 3 is 3.16 bits per heavy atom. The van der Waals surface area contributed by atoms with Crippen LogP contribution >= 0.6 is 11.8 Å². The van der Waals surface area contributed by atoms with Gasteiger partial charge in [-0.15, -0.1) is 0 Å². The van der Waals surface area contributed by atoms with Gasteiger partial charge in [0.05, 0.1) is 6.26 Å². The molecule has 1 aliphatic heterocycles. The highest BCUT2D eigenvalue weighted by atomic mass is 32.2. The Morgan fingerprint density at radius 2 is 2.42 bits per heavy atom. The number of furan rings is 1. The Labute approximate surface area is 119 Å². The van der Waals surface area contributed by atoms with Gasteiger partial charge in [0.2, 0.25) is 0 Å². The number of thioether (sulfide) groups is 1. The van der Waals surface area contributed by atoms with E-state index in [0.717, 1.165) is 17.2 Å². The van der Waals surface area contributed by atoms with Crippen LogP contribution in [0, 0.1) is 0 Å². The van der Waals surface area contributed by atoms with Crippen LogP contribution in [0.4, 0.5) is 0 Å². The minimum Gasteiger partial charge on any atom is -0.465 e. The molecule has 2 heterocycles. The van der Waals surface area contributed by atoms with Gasteiger partial charge in [0.15, 0.2) is 0 Å². The lowest BCUT2D eigenvalue weighted by atomic mass is 10.0. The minimum absolute atomic E-state index is 0.593. The van der Waals surface area contributed by atoms with E-state index in [1.54, 1.807) is 6.26 Å². The zero-order valence-corrected chi connectivity index (χ0v) is 12.8. The monoisotopic (exact) mass is 277 g/mol. The van der Waals surface area contributed by atoms with Gasteiger partial charge in [0.1, 0.15) is 5.42 Å². The molecule has 1 saturated heterocycles. The van der Waals surface area contributed by atoms with Gasteiger partial charge in [-0.05, 0) is 32.4 Å². The summed E-state index contributed by atoms with van der Waals surface area (Å²) in [5, 5.41) is 5.36. The Bertz CT molecular complexity index is 543. The van der Waals surface area contributed by atoms with E-state index in [9.17, 15) is 0 Å². The molecule has 3 heteroatoms. The van der Waals surface area contributed by atoms with Crippen LogP contribution in [-0.4, -0.2) is 23.6 Å². The number of hydrogen-bond acceptors (Lipinski definition) is 3. The summed E-state index contributed by atoms with van der Waals surface area (Å²) in [7, 11) is 0. The van der Waals surface area contributed by atoms with Gasteiger partial charge in [0, 0.05) is 28.8 Å². The third-order valence-electron chi connectivity index (χ3n) is 3.58. The van der Waals surface area contributed by atoms with Crippen molar-refractivity contribution in [3.63, 3.8) is 0 Å². The fourth-order valence-electron chi connectivity index (χ4n) is 2.48. The average molecular weight is 277 g/mol. The summed E-state index contributed by atoms with van der Waals surface area (Å²) in [6.07, 6.45) is 9.33. The second kappa shape index (κ2) is 7.01. The molecule has 0 amide bonds. The third-order valence-corrected chi connectivity index (χ3v) is 5.07. The Kier molecular flexibility index (Phi) is 5.34. The molecule has 1 fully saturated rings. The van der Waals surface area contributed by atoms with Gasteiger partial charge in [-0.2, -0.15) is 11.8 Å². The molecule has 1 N–H and O–H groups in total. The van der Waals surface area contributed by atoms with Crippen LogP contribution in [0.5, 0.6) is 0 Å². The average Bonchev–Trinajstić information content (AvgIpc) is 2.92. The normalized spacial score (nSPS) is 27.0. The first kappa shape index (κ1) is 14.5. The molecule has 1 aromatic rings. The topological polar surface area (TPSA) is 25.2 Å². The molecule has 19 heavy (non-hydrogen) atoms. The van der Waals surface area contributed by atoms with Crippen LogP contribution in [0.25, 0.3) is 12.2 Å². The van der Waals surface area contributed by atoms with E-state index in [1.807, 2.05) is 19.1 Å². The molecule has 2 nitrogen and oxygen atoms in total. The lowest BCUT2D eigenvalue weighted by Crippen LogP contribution is -2.43. The van der Waals surface area contributed by atoms with Gasteiger partial charge in [0.25, 0.3) is 0 Å². The summed E-state index contributed by atoms with van der Waals surface area (Å²) < 4.78 is 5.40. The van der Waals surface area contributed by atoms with E-state index in [4.69, 9.17) is 4.42 Å². The Hall–Kier alpha value is -0.930. The van der Waals surface area contributed by atoms with Gasteiger partial charge in [-0.3, -0.25) is 0 Å². The van der Waals surface area contributed by atoms with Crippen molar-refractivity contribution >= 4 is 23.9 Å². The first-order valence-corrected chi connectivity index (χ1v) is 8.04. The van der Waals surface area contributed by atoms with Gasteiger partial charge in [-0.1, -0.05) is 24.6 Å². The lowest BCUT2D eigenvalue weighted by molar-refractivity contribution is 0.506. The minimum atomic E-state index is 0.593. The number of hydrogen-bond donors (Lipinski definition) is 1. The molecule has 0 aliphatic carbocycles. The maximum atomic E-state index is 5.40. The van der Waals surface area contributed by atoms with Crippen molar-refractivity contribution in [2.45, 2.75) is 38.5 Å². The van der Waals surface area contributed by atoms with Crippen LogP contribution in [0.3, 0.4) is 0 Å². The largest absolute Gasteiger partial charge is 0.465 e. The molecule has 0 saturated carbocycles. The summed E-state index contributed by atoms with van der Waals surface area (Å²) in [5.74, 6) is 1.20. The molecule has 0 spiro atoms. The third kappa shape index (κ3) is 3.54. The van der Waals surface area contributed by atoms with Crippen LogP contribution in [-0.2, 0) is 0 Å². The Morgan fingerprint density at radius 1 is 1.58 bits per heavy atom. The van der Waals surface area contributed by atoms with Crippen molar-refractivity contribution in [1.82, 2.24) is 5.32 Å². The summed E-state index contributed by atoms with van der Waals surface area (Å²) in [6.45, 7) is 7.63. The first-order valence-electron chi connectivity index (χ1n) is 6.99. The number of allylic oxidation sites excluding steroid dienone is 1. The highest BCUT2D eigenvalue weighted by molar-refractivity contribution is 8.00. The smallest absolute Gasteiger partial charge is 0.129 e. The van der Waals surface area contributed by atoms with Crippen LogP contribution in [0.1, 0.15) is 27.2 Å². The van der Waals surface area contributed by atoms with E-state index in [0.29, 0.717) is 11.3 Å². The second-order valence-electron chi connectivity index (χ2n) is 4.87. The molecule has 0 radical (unpaired) electrons. The zero-order chi connectivity index (χ0) is 13.7. The molecule has 2 rings (SSSR count). The summed E-state index contributed by atoms with van der Waals surface area (Å²) in [5.41, 5.74) is 2.39. The van der Waals surface area contributed by atoms with Gasteiger partial charge < -0.3 is 9.73 Å². The zero-order valence-electron chi connectivity index (χ0n) is 12.0. The van der Waals surface area contributed by atoms with E-state index in [2.05, 4.69) is 43.1 Å². The lowest BCUT2D eigenvalue weighted by Gasteiger charge is -2.32. The molecule has 0 aromatic carbocycles. The van der Waals surface area contributed by atoms with Crippen LogP contribution in [0.15, 0.2) is 28.4 Å². The SMILES string of the molecule is C/C=c1/occ/c1=C/C=C(\C)C1SCCNC1CC. The van der Waals surface area contributed by atoms with Crippen LogP contribution < -0.4 is 16.0 Å². The molecular weight excluding hydrogens is 254 g/mol. The maximum absolute atomic E-state index is 5.40. The standard InChI is InChI=1S/C16H23NOS/c1-4-14-16(19-11-9-17-14)12(3)6-7-13-8-10-18-15(13)5-2/h5-8,10,14,16-17H,4,9,11H2,1-3H3/b12-6+,13-7-,15-5+. The van der Waals surface area contributed by atoms with Crippen molar-refractivity contribution in [1.29, 1.82) is 0 Å². The maximum Gasteiger partial charge on any atom is 0.129 e. The summed E-state index contributed by atoms with van der Waals surface area (Å²) >= 11 is 2.07. The van der Waals surface area contributed by atoms with E-state index in [1.165, 1.54) is 17.7 Å². The highest BCUT2D eigenvalue weighted by Gasteiger charge is 2.24. The Balaban J connectivity index is 2.21. The van der Waals surface area contributed by atoms with Crippen LogP contribution in [0.2, 0.25) is 0 Å². The molecule has 1 aliphatic rings. The van der Waals surface area contributed by atoms with Gasteiger partial charge >= 0.3 is 0 Å². The second-order valence-corrected chi connectivity index (χ2v) is 6.12. The molecule has 0 bridgehead atoms. The molecule has 104 valence electrons. The highest BCUT2D eigenvalue weighted by Crippen LogP contribution is 2.27. The summed E-state index contributed by atoms with van der Waals surface area (Å²) in [6, 6.07) is 2.62. The fourth-order valence-corrected chi connectivity index (χ4v) is 3.83. The summed E-state index contributed by atoms with van der Waals surface area (Å²) in [4.78, 5) is 0. The van der Waals surface area contributed by atoms with Gasteiger partial charge in [-0.25, -0.2) is 0 Å². The van der Waals surface area contributed by atoms with Crippen molar-refractivity contribution in [3.8, 4) is 0 Å². The number of nitrogens with one attached hydrogen (secondary N) is 1. The fraction of sp³-hybridized carbons (Fsp3) is 0.500. The van der Waals surface area contributed by atoms with E-state index < -0.39 is 0 Å². The quantitative estimate of drug-likeness (QED) is 0.918. The van der Waals surface area contributed by atoms with Crippen molar-refractivity contribution in [2.75, 3.05) is 12.3 Å². The predicted octanol–water partition coefficient (Wildman–Crippen LogP) is 2.29. The van der Waals surface area contributed by atoms with Crippen molar-refractivity contribution in [2.24, 2.45) is 0 Å². The predicted molar refractivity (Wildman–Crippen MR) is 84.6 cm³/mol. The molecule has 2 unspecified atom stereocenters. The van der Waals surface area contributed by atoms with Crippen molar-refractivity contribution in [3.05, 3.63) is 34.6 Å². The molecule has 2 atom stereocenters. The van der Waals surface area contributed by atoms with E-state index >= 15 is 0 Å². The first-order chi connectivity index (χ1) is 9.26.